The van der Waals surface area contributed by atoms with Gasteiger partial charge in [-0.15, -0.1) is 11.6 Å². The highest BCUT2D eigenvalue weighted by Crippen LogP contribution is 2.20. The predicted octanol–water partition coefficient (Wildman–Crippen LogP) is 3.88. The Labute approximate surface area is 138 Å². The minimum Gasteiger partial charge on any atom is -0.207 e. The van der Waals surface area contributed by atoms with Crippen molar-refractivity contribution in [2.24, 2.45) is 0 Å². The fraction of sp³-hybridized carbons (Fsp3) is 0.200. The van der Waals surface area contributed by atoms with E-state index in [1.807, 2.05) is 30.3 Å². The molecule has 0 aliphatic carbocycles. The summed E-state index contributed by atoms with van der Waals surface area (Å²) in [5, 5.41) is 0. The van der Waals surface area contributed by atoms with Gasteiger partial charge in [0.25, 0.3) is 0 Å². The molecule has 6 heteroatoms. The third kappa shape index (κ3) is 4.30. The Hall–Kier alpha value is -0.880. The first kappa shape index (κ1) is 16.5. The van der Waals surface area contributed by atoms with E-state index in [-0.39, 0.29) is 17.3 Å². The third-order valence-electron chi connectivity index (χ3n) is 2.99. The molecule has 0 bridgehead atoms. The molecular weight excluding hydrogens is 374 g/mol. The van der Waals surface area contributed by atoms with Crippen LogP contribution in [0, 0.1) is 0 Å². The largest absolute Gasteiger partial charge is 0.243 e. The van der Waals surface area contributed by atoms with Gasteiger partial charge in [-0.1, -0.05) is 46.3 Å². The molecule has 0 radical (unpaired) electrons. The minimum atomic E-state index is -3.55. The fourth-order valence-electron chi connectivity index (χ4n) is 1.92. The smallest absolute Gasteiger partial charge is 0.207 e. The van der Waals surface area contributed by atoms with Crippen LogP contribution in [0.15, 0.2) is 64.0 Å². The van der Waals surface area contributed by atoms with Gasteiger partial charge < -0.3 is 0 Å². The highest BCUT2D eigenvalue weighted by Gasteiger charge is 2.24. The molecule has 112 valence electrons. The summed E-state index contributed by atoms with van der Waals surface area (Å²) in [5.74, 6) is 0.253. The van der Waals surface area contributed by atoms with Crippen LogP contribution in [-0.4, -0.2) is 25.1 Å². The summed E-state index contributed by atoms with van der Waals surface area (Å²) in [7, 11) is -3.55. The second-order valence-corrected chi connectivity index (χ2v) is 7.70. The van der Waals surface area contributed by atoms with Gasteiger partial charge >= 0.3 is 0 Å². The molecular formula is C15H15BrClNO2S. The molecule has 0 atom stereocenters. The van der Waals surface area contributed by atoms with Gasteiger partial charge in [0.05, 0.1) is 4.90 Å². The zero-order valence-electron chi connectivity index (χ0n) is 11.2. The lowest BCUT2D eigenvalue weighted by Crippen LogP contribution is -2.32. The quantitative estimate of drug-likeness (QED) is 0.704. The summed E-state index contributed by atoms with van der Waals surface area (Å²) in [6, 6.07) is 16.1. The molecule has 0 saturated carbocycles. The Morgan fingerprint density at radius 1 is 1.00 bits per heavy atom. The normalized spacial score (nSPS) is 11.8. The molecule has 0 spiro atoms. The lowest BCUT2D eigenvalue weighted by Gasteiger charge is -2.21. The fourth-order valence-corrected chi connectivity index (χ4v) is 3.92. The monoisotopic (exact) mass is 387 g/mol. The van der Waals surface area contributed by atoms with Crippen LogP contribution in [0.2, 0.25) is 0 Å². The van der Waals surface area contributed by atoms with Crippen molar-refractivity contribution in [2.45, 2.75) is 11.4 Å². The molecule has 0 fully saturated rings. The molecule has 0 aliphatic rings. The second-order valence-electron chi connectivity index (χ2n) is 4.47. The first-order valence-corrected chi connectivity index (χ1v) is 9.16. The molecule has 3 nitrogen and oxygen atoms in total. The molecule has 0 heterocycles. The van der Waals surface area contributed by atoms with Crippen molar-refractivity contribution in [2.75, 3.05) is 12.4 Å². The number of benzene rings is 2. The molecule has 0 aromatic heterocycles. The average Bonchev–Trinajstić information content (AvgIpc) is 2.48. The van der Waals surface area contributed by atoms with Crippen LogP contribution >= 0.6 is 27.5 Å². The zero-order chi connectivity index (χ0) is 15.3. The van der Waals surface area contributed by atoms with Crippen molar-refractivity contribution < 1.29 is 8.42 Å². The number of halogens is 2. The molecule has 0 aliphatic heterocycles. The van der Waals surface area contributed by atoms with Gasteiger partial charge in [0, 0.05) is 23.4 Å². The number of rotatable bonds is 6. The maximum absolute atomic E-state index is 12.7. The van der Waals surface area contributed by atoms with E-state index in [4.69, 9.17) is 11.6 Å². The summed E-state index contributed by atoms with van der Waals surface area (Å²) in [6.45, 7) is 0.584. The zero-order valence-corrected chi connectivity index (χ0v) is 14.4. The van der Waals surface area contributed by atoms with Crippen LogP contribution in [-0.2, 0) is 16.6 Å². The van der Waals surface area contributed by atoms with Gasteiger partial charge in [-0.2, -0.15) is 4.31 Å². The Balaban J connectivity index is 2.30. The van der Waals surface area contributed by atoms with Crippen LogP contribution in [0.5, 0.6) is 0 Å². The SMILES string of the molecule is O=S(=O)(c1ccc(Br)cc1)N(CCCl)Cc1ccccc1. The minimum absolute atomic E-state index is 0.253. The Bertz CT molecular complexity index is 675. The van der Waals surface area contributed by atoms with Gasteiger partial charge in [0.1, 0.15) is 0 Å². The third-order valence-corrected chi connectivity index (χ3v) is 5.54. The topological polar surface area (TPSA) is 37.4 Å². The van der Waals surface area contributed by atoms with Crippen LogP contribution < -0.4 is 0 Å². The molecule has 0 saturated heterocycles. The second kappa shape index (κ2) is 7.40. The first-order chi connectivity index (χ1) is 10.0. The molecule has 2 rings (SSSR count). The van der Waals surface area contributed by atoms with Crippen LogP contribution in [0.25, 0.3) is 0 Å². The van der Waals surface area contributed by atoms with Gasteiger partial charge in [-0.05, 0) is 29.8 Å². The molecule has 0 N–H and O–H groups in total. The molecule has 2 aromatic carbocycles. The standard InChI is InChI=1S/C15H15BrClNO2S/c16-14-6-8-15(9-7-14)21(19,20)18(11-10-17)12-13-4-2-1-3-5-13/h1-9H,10-12H2. The highest BCUT2D eigenvalue weighted by molar-refractivity contribution is 9.10. The van der Waals surface area contributed by atoms with Crippen molar-refractivity contribution in [3.63, 3.8) is 0 Å². The maximum atomic E-state index is 12.7. The highest BCUT2D eigenvalue weighted by atomic mass is 79.9. The Kier molecular flexibility index (Phi) is 5.81. The lowest BCUT2D eigenvalue weighted by molar-refractivity contribution is 0.425. The molecule has 0 unspecified atom stereocenters. The molecule has 21 heavy (non-hydrogen) atoms. The summed E-state index contributed by atoms with van der Waals surface area (Å²) in [5.41, 5.74) is 0.934. The van der Waals surface area contributed by atoms with Gasteiger partial charge in [0.2, 0.25) is 10.0 Å². The summed E-state index contributed by atoms with van der Waals surface area (Å²) in [6.07, 6.45) is 0. The van der Waals surface area contributed by atoms with Crippen LogP contribution in [0.1, 0.15) is 5.56 Å². The Morgan fingerprint density at radius 3 is 2.19 bits per heavy atom. The average molecular weight is 389 g/mol. The lowest BCUT2D eigenvalue weighted by atomic mass is 10.2. The van der Waals surface area contributed by atoms with Crippen molar-refractivity contribution in [3.8, 4) is 0 Å². The van der Waals surface area contributed by atoms with Crippen molar-refractivity contribution in [1.29, 1.82) is 0 Å². The van der Waals surface area contributed by atoms with Crippen molar-refractivity contribution in [1.82, 2.24) is 4.31 Å². The number of sulfonamides is 1. The number of hydrogen-bond donors (Lipinski definition) is 0. The van der Waals surface area contributed by atoms with E-state index in [0.29, 0.717) is 6.54 Å². The summed E-state index contributed by atoms with van der Waals surface area (Å²) >= 11 is 9.07. The summed E-state index contributed by atoms with van der Waals surface area (Å²) in [4.78, 5) is 0.270. The van der Waals surface area contributed by atoms with E-state index in [9.17, 15) is 8.42 Å². The van der Waals surface area contributed by atoms with E-state index in [1.54, 1.807) is 24.3 Å². The van der Waals surface area contributed by atoms with Gasteiger partial charge in [-0.25, -0.2) is 8.42 Å². The van der Waals surface area contributed by atoms with Crippen LogP contribution in [0.3, 0.4) is 0 Å². The Morgan fingerprint density at radius 2 is 1.62 bits per heavy atom. The number of nitrogens with zero attached hydrogens (tertiary/aromatic N) is 1. The van der Waals surface area contributed by atoms with Gasteiger partial charge in [0.15, 0.2) is 0 Å². The van der Waals surface area contributed by atoms with E-state index >= 15 is 0 Å². The molecule has 0 amide bonds. The van der Waals surface area contributed by atoms with E-state index in [1.165, 1.54) is 4.31 Å². The number of alkyl halides is 1. The predicted molar refractivity (Wildman–Crippen MR) is 88.9 cm³/mol. The van der Waals surface area contributed by atoms with E-state index in [2.05, 4.69) is 15.9 Å². The van der Waals surface area contributed by atoms with Crippen molar-refractivity contribution >= 4 is 37.6 Å². The maximum Gasteiger partial charge on any atom is 0.243 e. The van der Waals surface area contributed by atoms with E-state index < -0.39 is 10.0 Å². The van der Waals surface area contributed by atoms with Crippen molar-refractivity contribution in [3.05, 3.63) is 64.6 Å². The van der Waals surface area contributed by atoms with Gasteiger partial charge in [-0.3, -0.25) is 0 Å². The first-order valence-electron chi connectivity index (χ1n) is 6.39. The number of hydrogen-bond acceptors (Lipinski definition) is 2. The summed E-state index contributed by atoms with van der Waals surface area (Å²) < 4.78 is 27.6. The van der Waals surface area contributed by atoms with E-state index in [0.717, 1.165) is 10.0 Å². The molecule has 2 aromatic rings. The van der Waals surface area contributed by atoms with Crippen LogP contribution in [0.4, 0.5) is 0 Å².